The Bertz CT molecular complexity index is 2400. The number of carbonyl (C=O) groups is 5. The standard InChI is InChI=1S/C46H51F2N7O6/c1-45(47,48)38-8-4-7-33(49-38)41(57)50-35-21-30-26-54(52-34(30)22-37(35)61-2)31-13-10-27(11-14-31)25-53-19-17-46(18-20-53)23-28(24-46)9-12-29-5-3-6-32-40(29)44(60)55(43(32)59)36-15-16-39(56)51-42(36)58/h3-8,21-22,26-28,31,36H,9-20,23-25H2,1-2H3,(H,50,57)(H,51,56,58). The van der Waals surface area contributed by atoms with Gasteiger partial charge >= 0.3 is 0 Å². The lowest BCUT2D eigenvalue weighted by molar-refractivity contribution is -0.136. The van der Waals surface area contributed by atoms with E-state index >= 15 is 0 Å². The van der Waals surface area contributed by atoms with Gasteiger partial charge < -0.3 is 15.0 Å². The second-order valence-electron chi connectivity index (χ2n) is 18.0. The minimum absolute atomic E-state index is 0.100. The number of piperidine rings is 2. The van der Waals surface area contributed by atoms with Gasteiger partial charge in [0, 0.05) is 37.5 Å². The van der Waals surface area contributed by atoms with Crippen molar-refractivity contribution in [3.05, 3.63) is 82.8 Å². The number of ether oxygens (including phenoxy) is 1. The smallest absolute Gasteiger partial charge is 0.287 e. The number of hydrogen-bond donors (Lipinski definition) is 2. The highest BCUT2D eigenvalue weighted by Crippen LogP contribution is 2.54. The Hall–Kier alpha value is -5.57. The van der Waals surface area contributed by atoms with E-state index in [9.17, 15) is 32.8 Å². The zero-order valence-electron chi connectivity index (χ0n) is 34.6. The lowest BCUT2D eigenvalue weighted by Crippen LogP contribution is -2.54. The number of halogens is 2. The van der Waals surface area contributed by atoms with Gasteiger partial charge in [-0.05, 0) is 131 Å². The van der Waals surface area contributed by atoms with Gasteiger partial charge in [0.25, 0.3) is 23.6 Å². The summed E-state index contributed by atoms with van der Waals surface area (Å²) in [5.41, 5.74) is 2.59. The van der Waals surface area contributed by atoms with Crippen molar-refractivity contribution in [2.75, 3.05) is 32.1 Å². The van der Waals surface area contributed by atoms with E-state index in [0.29, 0.717) is 46.2 Å². The molecule has 2 aromatic carbocycles. The number of carbonyl (C=O) groups excluding carboxylic acids is 5. The molecule has 2 saturated heterocycles. The summed E-state index contributed by atoms with van der Waals surface area (Å²) in [4.78, 5) is 71.6. The molecule has 0 radical (unpaired) electrons. The summed E-state index contributed by atoms with van der Waals surface area (Å²) < 4.78 is 35.3. The molecule has 1 atom stereocenters. The number of aryl methyl sites for hydroxylation is 1. The number of aromatic nitrogens is 3. The molecular weight excluding hydrogens is 785 g/mol. The van der Waals surface area contributed by atoms with Gasteiger partial charge in [-0.15, -0.1) is 0 Å². The van der Waals surface area contributed by atoms with Crippen LogP contribution in [0.1, 0.15) is 126 Å². The molecule has 2 aliphatic carbocycles. The van der Waals surface area contributed by atoms with Crippen molar-refractivity contribution in [3.8, 4) is 5.75 Å². The zero-order valence-corrected chi connectivity index (χ0v) is 34.6. The molecule has 3 aliphatic heterocycles. The highest BCUT2D eigenvalue weighted by molar-refractivity contribution is 6.24. The number of nitrogens with one attached hydrogen (secondary N) is 2. The minimum Gasteiger partial charge on any atom is -0.494 e. The maximum Gasteiger partial charge on any atom is 0.287 e. The molecule has 2 N–H and O–H groups in total. The van der Waals surface area contributed by atoms with Crippen LogP contribution in [0.2, 0.25) is 0 Å². The molecule has 2 saturated carbocycles. The SMILES string of the molecule is COc1cc2nn(C3CCC(CN4CCC5(CC4)CC(CCc4cccc6c4C(=O)N(C4CCC(=O)NC4=O)C6=O)C5)CC3)cc2cc1NC(=O)c1cccc(C(C)(F)F)n1. The first-order valence-electron chi connectivity index (χ1n) is 21.6. The summed E-state index contributed by atoms with van der Waals surface area (Å²) in [7, 11) is 1.51. The van der Waals surface area contributed by atoms with Crippen molar-refractivity contribution in [3.63, 3.8) is 0 Å². The minimum atomic E-state index is -3.17. The van der Waals surface area contributed by atoms with Crippen LogP contribution in [0.25, 0.3) is 10.9 Å². The van der Waals surface area contributed by atoms with Crippen LogP contribution in [-0.2, 0) is 21.9 Å². The van der Waals surface area contributed by atoms with Crippen LogP contribution in [0.4, 0.5) is 14.5 Å². The van der Waals surface area contributed by atoms with Crippen molar-refractivity contribution in [2.45, 2.75) is 102 Å². The van der Waals surface area contributed by atoms with Crippen LogP contribution in [0.15, 0.2) is 54.7 Å². The third-order valence-corrected chi connectivity index (χ3v) is 14.0. The first-order chi connectivity index (χ1) is 29.3. The predicted octanol–water partition coefficient (Wildman–Crippen LogP) is 7.06. The summed E-state index contributed by atoms with van der Waals surface area (Å²) in [6.45, 7) is 4.09. The van der Waals surface area contributed by atoms with Gasteiger partial charge in [-0.25, -0.2) is 4.98 Å². The number of imide groups is 2. The molecule has 5 heterocycles. The van der Waals surface area contributed by atoms with Crippen molar-refractivity contribution in [2.24, 2.45) is 17.3 Å². The van der Waals surface area contributed by atoms with E-state index in [1.165, 1.54) is 51.0 Å². The van der Waals surface area contributed by atoms with Gasteiger partial charge in [-0.3, -0.25) is 38.9 Å². The Morgan fingerprint density at radius 3 is 2.44 bits per heavy atom. The van der Waals surface area contributed by atoms with Crippen LogP contribution in [0.3, 0.4) is 0 Å². The number of alkyl halides is 2. The van der Waals surface area contributed by atoms with E-state index in [2.05, 4.69) is 20.5 Å². The number of rotatable bonds is 11. The number of amides is 5. The Labute approximate surface area is 352 Å². The number of hydrogen-bond acceptors (Lipinski definition) is 9. The van der Waals surface area contributed by atoms with Gasteiger partial charge in [0.2, 0.25) is 11.8 Å². The molecule has 9 rings (SSSR count). The Morgan fingerprint density at radius 1 is 0.967 bits per heavy atom. The maximum atomic E-state index is 13.9. The van der Waals surface area contributed by atoms with E-state index in [1.807, 2.05) is 23.0 Å². The summed E-state index contributed by atoms with van der Waals surface area (Å²) in [6.07, 6.45) is 13.0. The largest absolute Gasteiger partial charge is 0.494 e. The third kappa shape index (κ3) is 8.04. The monoisotopic (exact) mass is 835 g/mol. The maximum absolute atomic E-state index is 13.9. The third-order valence-electron chi connectivity index (χ3n) is 14.0. The fourth-order valence-corrected chi connectivity index (χ4v) is 10.6. The number of fused-ring (bicyclic) bond motifs is 2. The van der Waals surface area contributed by atoms with Gasteiger partial charge in [-0.1, -0.05) is 18.2 Å². The van der Waals surface area contributed by atoms with Crippen molar-refractivity contribution < 1.29 is 37.5 Å². The van der Waals surface area contributed by atoms with Crippen LogP contribution in [0, 0.1) is 17.3 Å². The van der Waals surface area contributed by atoms with Crippen LogP contribution in [0.5, 0.6) is 5.75 Å². The van der Waals surface area contributed by atoms with E-state index in [1.54, 1.807) is 18.2 Å². The summed E-state index contributed by atoms with van der Waals surface area (Å²) >= 11 is 0. The summed E-state index contributed by atoms with van der Waals surface area (Å²) in [5, 5.41) is 10.8. The van der Waals surface area contributed by atoms with Gasteiger partial charge in [0.1, 0.15) is 23.2 Å². The number of likely N-dealkylation sites (tertiary alicyclic amines) is 1. The lowest BCUT2D eigenvalue weighted by atomic mass is 9.56. The number of pyridine rings is 1. The molecule has 5 aliphatic rings. The molecule has 4 fully saturated rings. The molecule has 13 nitrogen and oxygen atoms in total. The topological polar surface area (TPSA) is 156 Å². The average Bonchev–Trinajstić information content (AvgIpc) is 3.76. The number of anilines is 1. The number of benzene rings is 2. The molecule has 1 unspecified atom stereocenters. The predicted molar refractivity (Wildman–Crippen MR) is 221 cm³/mol. The fourth-order valence-electron chi connectivity index (χ4n) is 10.6. The zero-order chi connectivity index (χ0) is 42.6. The molecule has 61 heavy (non-hydrogen) atoms. The van der Waals surface area contributed by atoms with Gasteiger partial charge in [-0.2, -0.15) is 13.9 Å². The van der Waals surface area contributed by atoms with Crippen LogP contribution in [-0.4, -0.2) is 86.9 Å². The van der Waals surface area contributed by atoms with E-state index in [4.69, 9.17) is 9.84 Å². The summed E-state index contributed by atoms with van der Waals surface area (Å²) in [5.74, 6) is -4.00. The summed E-state index contributed by atoms with van der Waals surface area (Å²) in [6, 6.07) is 12.3. The van der Waals surface area contributed by atoms with Crippen molar-refractivity contribution >= 4 is 46.1 Å². The second kappa shape index (κ2) is 16.0. The Balaban J connectivity index is 0.732. The quantitative estimate of drug-likeness (QED) is 0.151. The molecule has 4 aromatic rings. The molecular formula is C46H51F2N7O6. The molecule has 1 spiro atoms. The first-order valence-corrected chi connectivity index (χ1v) is 21.6. The molecule has 5 amide bonds. The lowest BCUT2D eigenvalue weighted by Gasteiger charge is -2.53. The van der Waals surface area contributed by atoms with Gasteiger partial charge in [0.15, 0.2) is 0 Å². The van der Waals surface area contributed by atoms with Gasteiger partial charge in [0.05, 0.1) is 35.5 Å². The first kappa shape index (κ1) is 40.8. The highest BCUT2D eigenvalue weighted by Gasteiger charge is 2.47. The Morgan fingerprint density at radius 2 is 1.72 bits per heavy atom. The molecule has 320 valence electrons. The number of nitrogens with zero attached hydrogens (tertiary/aromatic N) is 5. The van der Waals surface area contributed by atoms with Crippen molar-refractivity contribution in [1.82, 2.24) is 29.9 Å². The molecule has 2 aromatic heterocycles. The van der Waals surface area contributed by atoms with E-state index in [-0.39, 0.29) is 30.5 Å². The molecule has 0 bridgehead atoms. The molecule has 15 heteroatoms. The van der Waals surface area contributed by atoms with Crippen LogP contribution < -0.4 is 15.4 Å². The highest BCUT2D eigenvalue weighted by atomic mass is 19.3. The van der Waals surface area contributed by atoms with Crippen LogP contribution >= 0.6 is 0 Å². The second-order valence-corrected chi connectivity index (χ2v) is 18.0. The van der Waals surface area contributed by atoms with E-state index in [0.717, 1.165) is 80.0 Å². The number of methoxy groups -OCH3 is 1. The van der Waals surface area contributed by atoms with Crippen molar-refractivity contribution in [1.29, 1.82) is 0 Å². The fraction of sp³-hybridized carbons (Fsp3) is 0.500. The average molecular weight is 836 g/mol. The Kier molecular flexibility index (Phi) is 10.7. The van der Waals surface area contributed by atoms with E-state index < -0.39 is 41.3 Å². The normalized spacial score (nSPS) is 23.3.